The van der Waals surface area contributed by atoms with Crippen LogP contribution in [0.3, 0.4) is 0 Å². The third-order valence-corrected chi connectivity index (χ3v) is 7.43. The Morgan fingerprint density at radius 2 is 1.86 bits per heavy atom. The number of nitrogens with zero attached hydrogens (tertiary/aromatic N) is 2. The van der Waals surface area contributed by atoms with E-state index in [9.17, 15) is 9.59 Å². The lowest BCUT2D eigenvalue weighted by Gasteiger charge is -2.31. The molecule has 2 aliphatic rings. The molecule has 2 saturated carbocycles. The number of amides is 1. The van der Waals surface area contributed by atoms with Crippen molar-refractivity contribution in [1.82, 2.24) is 14.8 Å². The summed E-state index contributed by atoms with van der Waals surface area (Å²) < 4.78 is 7.68. The largest absolute Gasteiger partial charge is 0.492 e. The van der Waals surface area contributed by atoms with Gasteiger partial charge in [0.1, 0.15) is 12.4 Å². The first-order chi connectivity index (χ1) is 17.0. The predicted molar refractivity (Wildman–Crippen MR) is 140 cm³/mol. The van der Waals surface area contributed by atoms with Gasteiger partial charge in [0, 0.05) is 30.4 Å². The fraction of sp³-hybridized carbons (Fsp3) is 0.448. The number of hydrogen-bond acceptors (Lipinski definition) is 4. The zero-order valence-electron chi connectivity index (χ0n) is 20.8. The van der Waals surface area contributed by atoms with Crippen molar-refractivity contribution >= 4 is 16.7 Å². The third kappa shape index (κ3) is 5.43. The first-order valence-corrected chi connectivity index (χ1v) is 12.9. The number of fused-ring (bicyclic) bond motifs is 1. The second-order valence-corrected chi connectivity index (χ2v) is 10.1. The third-order valence-electron chi connectivity index (χ3n) is 7.43. The fourth-order valence-corrected chi connectivity index (χ4v) is 5.02. The van der Waals surface area contributed by atoms with Gasteiger partial charge in [0.15, 0.2) is 0 Å². The number of carbonyl (C=O) groups excluding carboxylic acids is 1. The highest BCUT2D eigenvalue weighted by Gasteiger charge is 2.24. The van der Waals surface area contributed by atoms with Crippen LogP contribution < -0.4 is 15.6 Å². The molecule has 1 amide bonds. The number of likely N-dealkylation sites (N-methyl/N-ethyl adjacent to an activating group) is 1. The first kappa shape index (κ1) is 23.6. The summed E-state index contributed by atoms with van der Waals surface area (Å²) in [6, 6.07) is 14.1. The van der Waals surface area contributed by atoms with E-state index >= 15 is 0 Å². The molecule has 0 unspecified atom stereocenters. The molecule has 3 aromatic rings. The Hall–Kier alpha value is -3.12. The Labute approximate surface area is 206 Å². The molecule has 1 aromatic heterocycles. The lowest BCUT2D eigenvalue weighted by Crippen LogP contribution is -2.36. The monoisotopic (exact) mass is 473 g/mol. The van der Waals surface area contributed by atoms with Crippen molar-refractivity contribution in [2.75, 3.05) is 20.2 Å². The molecule has 184 valence electrons. The van der Waals surface area contributed by atoms with E-state index in [2.05, 4.69) is 17.3 Å². The molecule has 0 radical (unpaired) electrons. The predicted octanol–water partition coefficient (Wildman–Crippen LogP) is 4.83. The molecular formula is C29H35N3O3. The van der Waals surface area contributed by atoms with Crippen LogP contribution in [0.15, 0.2) is 53.5 Å². The molecule has 2 aliphatic carbocycles. The normalized spacial score (nSPS) is 16.5. The Balaban J connectivity index is 1.34. The number of rotatable bonds is 8. The Morgan fingerprint density at radius 1 is 1.06 bits per heavy atom. The summed E-state index contributed by atoms with van der Waals surface area (Å²) >= 11 is 0. The van der Waals surface area contributed by atoms with Crippen molar-refractivity contribution in [2.24, 2.45) is 0 Å². The van der Waals surface area contributed by atoms with Crippen LogP contribution in [-0.2, 0) is 0 Å². The van der Waals surface area contributed by atoms with Crippen LogP contribution in [0.25, 0.3) is 16.5 Å². The van der Waals surface area contributed by atoms with E-state index in [-0.39, 0.29) is 17.5 Å². The van der Waals surface area contributed by atoms with E-state index in [1.54, 1.807) is 10.8 Å². The summed E-state index contributed by atoms with van der Waals surface area (Å²) in [6.07, 6.45) is 10.4. The van der Waals surface area contributed by atoms with Crippen molar-refractivity contribution < 1.29 is 9.53 Å². The highest BCUT2D eigenvalue weighted by Crippen LogP contribution is 2.24. The quantitative estimate of drug-likeness (QED) is 0.509. The van der Waals surface area contributed by atoms with Crippen LogP contribution in [0.4, 0.5) is 0 Å². The van der Waals surface area contributed by atoms with E-state index in [0.717, 1.165) is 36.0 Å². The van der Waals surface area contributed by atoms with Crippen LogP contribution in [0.5, 0.6) is 5.75 Å². The van der Waals surface area contributed by atoms with E-state index in [1.165, 1.54) is 32.1 Å². The van der Waals surface area contributed by atoms with Gasteiger partial charge in [-0.15, -0.1) is 0 Å². The minimum Gasteiger partial charge on any atom is -0.492 e. The van der Waals surface area contributed by atoms with Gasteiger partial charge in [-0.2, -0.15) is 0 Å². The number of benzene rings is 2. The van der Waals surface area contributed by atoms with Crippen molar-refractivity contribution in [3.05, 3.63) is 70.1 Å². The van der Waals surface area contributed by atoms with Gasteiger partial charge in [0.2, 0.25) is 0 Å². The van der Waals surface area contributed by atoms with E-state index in [1.807, 2.05) is 49.4 Å². The van der Waals surface area contributed by atoms with Gasteiger partial charge < -0.3 is 15.0 Å². The molecule has 2 fully saturated rings. The van der Waals surface area contributed by atoms with Crippen LogP contribution in [0.1, 0.15) is 60.9 Å². The molecular weight excluding hydrogens is 438 g/mol. The average molecular weight is 474 g/mol. The topological polar surface area (TPSA) is 63.6 Å². The number of aryl methyl sites for hydroxylation is 1. The Bertz CT molecular complexity index is 1270. The molecule has 35 heavy (non-hydrogen) atoms. The van der Waals surface area contributed by atoms with Crippen LogP contribution >= 0.6 is 0 Å². The van der Waals surface area contributed by atoms with E-state index in [4.69, 9.17) is 4.74 Å². The minimum absolute atomic E-state index is 0.0866. The second kappa shape index (κ2) is 10.2. The standard InChI is InChI=1S/C29H35N3O3/c1-20-8-9-22(28(33)30-23-11-12-23)18-27(20)32-15-14-21-10-13-25(19-26(21)29(32)34)35-17-16-31(2)24-6-4-3-5-7-24/h8-10,13-15,18-19,23-24H,3-7,11-12,16-17H2,1-2H3,(H,30,33). The molecule has 2 aromatic carbocycles. The van der Waals surface area contributed by atoms with Crippen molar-refractivity contribution in [3.8, 4) is 11.4 Å². The Kier molecular flexibility index (Phi) is 6.91. The highest BCUT2D eigenvalue weighted by atomic mass is 16.5. The van der Waals surface area contributed by atoms with E-state index in [0.29, 0.717) is 29.3 Å². The van der Waals surface area contributed by atoms with Gasteiger partial charge in [-0.05, 0) is 80.9 Å². The number of hydrogen-bond donors (Lipinski definition) is 1. The highest BCUT2D eigenvalue weighted by molar-refractivity contribution is 5.95. The molecule has 0 aliphatic heterocycles. The minimum atomic E-state index is -0.116. The van der Waals surface area contributed by atoms with Crippen molar-refractivity contribution in [3.63, 3.8) is 0 Å². The smallest absolute Gasteiger partial charge is 0.263 e. The SMILES string of the molecule is Cc1ccc(C(=O)NC2CC2)cc1-n1ccc2ccc(OCCN(C)C3CCCCC3)cc2c1=O. The molecule has 1 heterocycles. The number of carbonyl (C=O) groups is 1. The fourth-order valence-electron chi connectivity index (χ4n) is 5.02. The van der Waals surface area contributed by atoms with Gasteiger partial charge in [-0.1, -0.05) is 31.4 Å². The van der Waals surface area contributed by atoms with E-state index < -0.39 is 0 Å². The van der Waals surface area contributed by atoms with Gasteiger partial charge in [-0.25, -0.2) is 0 Å². The molecule has 0 saturated heterocycles. The summed E-state index contributed by atoms with van der Waals surface area (Å²) in [6.45, 7) is 3.42. The summed E-state index contributed by atoms with van der Waals surface area (Å²) in [4.78, 5) is 28.5. The Morgan fingerprint density at radius 3 is 2.63 bits per heavy atom. The summed E-state index contributed by atoms with van der Waals surface area (Å²) in [5.41, 5.74) is 2.12. The molecule has 6 nitrogen and oxygen atoms in total. The number of ether oxygens (including phenoxy) is 1. The number of aromatic nitrogens is 1. The van der Waals surface area contributed by atoms with Crippen LogP contribution in [-0.4, -0.2) is 47.7 Å². The molecule has 0 bridgehead atoms. The first-order valence-electron chi connectivity index (χ1n) is 12.9. The maximum atomic E-state index is 13.5. The summed E-state index contributed by atoms with van der Waals surface area (Å²) in [5, 5.41) is 4.50. The van der Waals surface area contributed by atoms with Crippen LogP contribution in [0, 0.1) is 6.92 Å². The van der Waals surface area contributed by atoms with Crippen molar-refractivity contribution in [2.45, 2.75) is 64.0 Å². The van der Waals surface area contributed by atoms with Crippen molar-refractivity contribution in [1.29, 1.82) is 0 Å². The summed E-state index contributed by atoms with van der Waals surface area (Å²) in [7, 11) is 2.18. The molecule has 0 spiro atoms. The number of nitrogens with one attached hydrogen (secondary N) is 1. The van der Waals surface area contributed by atoms with Gasteiger partial charge in [0.05, 0.1) is 11.1 Å². The van der Waals surface area contributed by atoms with Gasteiger partial charge in [0.25, 0.3) is 11.5 Å². The molecule has 1 N–H and O–H groups in total. The zero-order chi connectivity index (χ0) is 24.4. The molecule has 6 heteroatoms. The lowest BCUT2D eigenvalue weighted by atomic mass is 9.94. The average Bonchev–Trinajstić information content (AvgIpc) is 3.69. The lowest BCUT2D eigenvalue weighted by molar-refractivity contribution is 0.0951. The maximum absolute atomic E-state index is 13.5. The van der Waals surface area contributed by atoms with Crippen LogP contribution in [0.2, 0.25) is 0 Å². The second-order valence-electron chi connectivity index (χ2n) is 10.1. The summed E-state index contributed by atoms with van der Waals surface area (Å²) in [5.74, 6) is 0.621. The molecule has 0 atom stereocenters. The molecule has 5 rings (SSSR count). The number of pyridine rings is 1. The zero-order valence-corrected chi connectivity index (χ0v) is 20.8. The maximum Gasteiger partial charge on any atom is 0.263 e. The van der Waals surface area contributed by atoms with Gasteiger partial charge >= 0.3 is 0 Å². The van der Waals surface area contributed by atoms with Gasteiger partial charge in [-0.3, -0.25) is 14.2 Å².